The van der Waals surface area contributed by atoms with Crippen LogP contribution in [0.2, 0.25) is 0 Å². The lowest BCUT2D eigenvalue weighted by atomic mass is 10.00. The number of carbonyl (C=O) groups is 4. The molecule has 2 N–H and O–H groups in total. The van der Waals surface area contributed by atoms with E-state index in [1.54, 1.807) is 0 Å². The second-order valence-corrected chi connectivity index (χ2v) is 17.0. The summed E-state index contributed by atoms with van der Waals surface area (Å²) >= 11 is 0. The van der Waals surface area contributed by atoms with Gasteiger partial charge in [0, 0.05) is 79.2 Å². The molecule has 1 saturated carbocycles. The number of carbonyl (C=O) groups excluding carboxylic acids is 4. The molecule has 3 unspecified atom stereocenters. The Kier molecular flexibility index (Phi) is 13.7. The molecular weight excluding hydrogens is 682 g/mol. The lowest BCUT2D eigenvalue weighted by Gasteiger charge is -2.30. The van der Waals surface area contributed by atoms with Gasteiger partial charge in [0.05, 0.1) is 22.6 Å². The summed E-state index contributed by atoms with van der Waals surface area (Å²) < 4.78 is 20.1. The minimum absolute atomic E-state index is 0.0288. The van der Waals surface area contributed by atoms with Gasteiger partial charge in [-0.25, -0.2) is 9.48 Å². The van der Waals surface area contributed by atoms with E-state index in [0.717, 1.165) is 48.4 Å². The van der Waals surface area contributed by atoms with Crippen molar-refractivity contribution in [2.24, 2.45) is 17.0 Å². The number of aryl methyl sites for hydroxylation is 2. The third kappa shape index (κ3) is 12.8. The number of fused-ring (bicyclic) bond motifs is 2. The number of hydrogen-bond donors (Lipinski definition) is 2. The topological polar surface area (TPSA) is 203 Å². The highest BCUT2D eigenvalue weighted by atomic mass is 16.6. The van der Waals surface area contributed by atoms with Gasteiger partial charge in [0.2, 0.25) is 5.91 Å². The summed E-state index contributed by atoms with van der Waals surface area (Å²) in [6.07, 6.45) is 7.88. The molecule has 294 valence electrons. The summed E-state index contributed by atoms with van der Waals surface area (Å²) in [4.78, 5) is 52.6. The van der Waals surface area contributed by atoms with E-state index >= 15 is 0 Å². The number of alkyl carbamates (subject to hydrolysis) is 1. The van der Waals surface area contributed by atoms with Gasteiger partial charge in [-0.1, -0.05) is 24.2 Å². The predicted molar refractivity (Wildman–Crippen MR) is 196 cm³/mol. The van der Waals surface area contributed by atoms with E-state index in [9.17, 15) is 19.2 Å². The number of aromatic nitrogens is 3. The minimum Gasteiger partial charge on any atom is -0.446 e. The number of imide groups is 1. The van der Waals surface area contributed by atoms with E-state index in [4.69, 9.17) is 19.7 Å². The van der Waals surface area contributed by atoms with Crippen LogP contribution in [0.1, 0.15) is 112 Å². The molecule has 53 heavy (non-hydrogen) atoms. The van der Waals surface area contributed by atoms with Gasteiger partial charge >= 0.3 is 6.09 Å². The quantitative estimate of drug-likeness (QED) is 0.0803. The van der Waals surface area contributed by atoms with Crippen LogP contribution < -0.4 is 10.6 Å². The Labute approximate surface area is 312 Å². The highest BCUT2D eigenvalue weighted by Gasteiger charge is 2.53. The van der Waals surface area contributed by atoms with Crippen LogP contribution >= 0.6 is 0 Å². The largest absolute Gasteiger partial charge is 0.446 e. The SMILES string of the molecule is CC(C)(CCOC(C)(C)CCn1nnc2c1CCC1C(CC2)C1OC(=O)NCCC(C)(C)OCCC(C)(C)NC(=O)CCN1C(=O)C=CC1=O)N=[N+]=[N-]. The van der Waals surface area contributed by atoms with Gasteiger partial charge in [-0.2, -0.15) is 0 Å². The van der Waals surface area contributed by atoms with Crippen molar-refractivity contribution in [3.05, 3.63) is 34.0 Å². The van der Waals surface area contributed by atoms with Crippen molar-refractivity contribution in [2.75, 3.05) is 26.3 Å². The second kappa shape index (κ2) is 17.4. The number of rotatable bonds is 20. The fraction of sp³-hybridized carbons (Fsp3) is 0.784. The molecule has 3 aliphatic rings. The first-order valence-electron chi connectivity index (χ1n) is 18.8. The number of nitrogens with zero attached hydrogens (tertiary/aromatic N) is 7. The van der Waals surface area contributed by atoms with Gasteiger partial charge in [-0.05, 0) is 98.4 Å². The molecule has 1 aromatic heterocycles. The molecule has 16 heteroatoms. The van der Waals surface area contributed by atoms with Crippen LogP contribution in [-0.4, -0.2) is 98.4 Å². The predicted octanol–water partition coefficient (Wildman–Crippen LogP) is 4.95. The summed E-state index contributed by atoms with van der Waals surface area (Å²) in [5, 5.41) is 18.6. The van der Waals surface area contributed by atoms with Crippen molar-refractivity contribution >= 4 is 23.8 Å². The third-order valence-corrected chi connectivity index (χ3v) is 10.4. The molecule has 1 fully saturated rings. The first kappa shape index (κ1) is 41.7. The standard InChI is InChI=1S/C37H59N9O7/c1-34(2,40-29(47)15-21-45-30(48)13-14-31(45)49)18-23-51-36(5,6)16-20-39-33(50)53-32-25-9-11-27-28(12-10-26(25)32)46(44-41-27)22-17-37(7,8)52-24-19-35(3,4)42-43-38/h13-14,25-26,32H,9-12,15-24H2,1-8H3,(H,39,50)(H,40,47). The molecule has 0 aromatic carbocycles. The van der Waals surface area contributed by atoms with Crippen LogP contribution in [-0.2, 0) is 48.0 Å². The summed E-state index contributed by atoms with van der Waals surface area (Å²) in [7, 11) is 0. The van der Waals surface area contributed by atoms with Crippen LogP contribution in [0.25, 0.3) is 10.4 Å². The molecule has 4 rings (SSSR count). The van der Waals surface area contributed by atoms with E-state index in [1.807, 2.05) is 46.2 Å². The van der Waals surface area contributed by atoms with E-state index in [-0.39, 0.29) is 30.6 Å². The van der Waals surface area contributed by atoms with Crippen molar-refractivity contribution < 1.29 is 33.4 Å². The fourth-order valence-corrected chi connectivity index (χ4v) is 6.81. The zero-order valence-corrected chi connectivity index (χ0v) is 32.8. The van der Waals surface area contributed by atoms with Crippen molar-refractivity contribution in [1.29, 1.82) is 0 Å². The normalized spacial score (nSPS) is 20.2. The summed E-state index contributed by atoms with van der Waals surface area (Å²) in [5.74, 6) is -0.407. The summed E-state index contributed by atoms with van der Waals surface area (Å²) in [5.41, 5.74) is 8.99. The second-order valence-electron chi connectivity index (χ2n) is 17.0. The maximum atomic E-state index is 12.8. The average molecular weight is 742 g/mol. The molecular formula is C37H59N9O7. The molecule has 4 amide bonds. The zero-order valence-electron chi connectivity index (χ0n) is 32.8. The molecule has 3 atom stereocenters. The third-order valence-electron chi connectivity index (χ3n) is 10.4. The van der Waals surface area contributed by atoms with Crippen LogP contribution in [0.5, 0.6) is 0 Å². The molecule has 2 heterocycles. The smallest absolute Gasteiger partial charge is 0.407 e. The molecule has 16 nitrogen and oxygen atoms in total. The number of amides is 4. The van der Waals surface area contributed by atoms with E-state index < -0.39 is 34.6 Å². The molecule has 0 radical (unpaired) electrons. The molecule has 0 bridgehead atoms. The molecule has 0 spiro atoms. The van der Waals surface area contributed by atoms with Crippen molar-refractivity contribution in [3.8, 4) is 0 Å². The van der Waals surface area contributed by atoms with Gasteiger partial charge in [0.1, 0.15) is 6.10 Å². The molecule has 2 aliphatic carbocycles. The van der Waals surface area contributed by atoms with Crippen molar-refractivity contribution in [3.63, 3.8) is 0 Å². The van der Waals surface area contributed by atoms with Gasteiger partial charge in [0.25, 0.3) is 11.8 Å². The number of nitrogens with one attached hydrogen (secondary N) is 2. The van der Waals surface area contributed by atoms with E-state index in [2.05, 4.69) is 44.8 Å². The maximum Gasteiger partial charge on any atom is 0.407 e. The average Bonchev–Trinajstić information content (AvgIpc) is 3.32. The van der Waals surface area contributed by atoms with Gasteiger partial charge in [0.15, 0.2) is 0 Å². The highest BCUT2D eigenvalue weighted by Crippen LogP contribution is 2.49. The first-order valence-corrected chi connectivity index (χ1v) is 18.8. The molecule has 1 aromatic rings. The number of azide groups is 1. The fourth-order valence-electron chi connectivity index (χ4n) is 6.81. The summed E-state index contributed by atoms with van der Waals surface area (Å²) in [6.45, 7) is 17.6. The van der Waals surface area contributed by atoms with Gasteiger partial charge < -0.3 is 24.8 Å². The Morgan fingerprint density at radius 2 is 1.53 bits per heavy atom. The first-order chi connectivity index (χ1) is 24.8. The van der Waals surface area contributed by atoms with Gasteiger partial charge in [-0.3, -0.25) is 19.3 Å². The Morgan fingerprint density at radius 3 is 2.19 bits per heavy atom. The minimum atomic E-state index is -0.553. The Bertz CT molecular complexity index is 1540. The lowest BCUT2D eigenvalue weighted by Crippen LogP contribution is -2.46. The Morgan fingerprint density at radius 1 is 0.906 bits per heavy atom. The van der Waals surface area contributed by atoms with Crippen LogP contribution in [0.4, 0.5) is 4.79 Å². The Hall–Kier alpha value is -4.01. The van der Waals surface area contributed by atoms with Crippen LogP contribution in [0, 0.1) is 11.8 Å². The van der Waals surface area contributed by atoms with Crippen LogP contribution in [0.15, 0.2) is 17.3 Å². The Balaban J connectivity index is 1.11. The number of ether oxygens (including phenoxy) is 3. The monoisotopic (exact) mass is 741 g/mol. The zero-order chi connectivity index (χ0) is 39.0. The molecule has 1 aliphatic heterocycles. The van der Waals surface area contributed by atoms with Crippen LogP contribution in [0.3, 0.4) is 0 Å². The van der Waals surface area contributed by atoms with Crippen molar-refractivity contribution in [2.45, 2.75) is 148 Å². The van der Waals surface area contributed by atoms with Gasteiger partial charge in [-0.15, -0.1) is 5.10 Å². The van der Waals surface area contributed by atoms with Crippen molar-refractivity contribution in [1.82, 2.24) is 30.5 Å². The number of hydrogen-bond acceptors (Lipinski definition) is 10. The summed E-state index contributed by atoms with van der Waals surface area (Å²) in [6, 6.07) is 0. The van der Waals surface area contributed by atoms with E-state index in [0.29, 0.717) is 57.4 Å². The lowest BCUT2D eigenvalue weighted by molar-refractivity contribution is -0.137. The highest BCUT2D eigenvalue weighted by molar-refractivity contribution is 6.13. The maximum absolute atomic E-state index is 12.8. The van der Waals surface area contributed by atoms with E-state index in [1.165, 1.54) is 12.2 Å². The molecule has 0 saturated heterocycles.